The lowest BCUT2D eigenvalue weighted by atomic mass is 14.0. The first-order valence-electron chi connectivity index (χ1n) is 0.683. The Morgan fingerprint density at radius 2 is 1.43 bits per heavy atom. The Hall–Kier alpha value is 0.180. The van der Waals surface area contributed by atoms with Crippen molar-refractivity contribution in [1.82, 2.24) is 6.15 Å². The standard InChI is InChI=1S/H3N.H2O4S.S/c;1-5(2,3)4;/h1H3;(H2,1,2,3,4);/q;;+1/p-1. The molecular formula is H4NO4S2. The van der Waals surface area contributed by atoms with E-state index in [-0.39, 0.29) is 19.6 Å². The summed E-state index contributed by atoms with van der Waals surface area (Å²) in [7, 11) is -4.92. The smallest absolute Gasteiger partial charge is 0.726 e. The quantitative estimate of drug-likeness (QED) is 0.263. The topological polar surface area (TPSA) is 112 Å². The molecule has 4 N–H and O–H groups in total. The summed E-state index contributed by atoms with van der Waals surface area (Å²) in [5, 5.41) is 0. The van der Waals surface area contributed by atoms with E-state index in [2.05, 4.69) is 0 Å². The van der Waals surface area contributed by atoms with Crippen LogP contribution in [0.1, 0.15) is 0 Å². The van der Waals surface area contributed by atoms with Gasteiger partial charge in [0.2, 0.25) is 10.4 Å². The largest absolute Gasteiger partial charge is 1.00 e. The third-order valence-electron chi connectivity index (χ3n) is 0. The van der Waals surface area contributed by atoms with Gasteiger partial charge in [-0.25, -0.2) is 8.42 Å². The third-order valence-corrected chi connectivity index (χ3v) is 0. The van der Waals surface area contributed by atoms with Crippen LogP contribution in [0.3, 0.4) is 0 Å². The molecule has 0 amide bonds. The highest BCUT2D eigenvalue weighted by molar-refractivity contribution is 7.79. The molecule has 0 aromatic rings. The highest BCUT2D eigenvalue weighted by Gasteiger charge is 1.67. The summed E-state index contributed by atoms with van der Waals surface area (Å²) < 4.78 is 32.8. The Balaban J connectivity index is -0.0000000800. The van der Waals surface area contributed by atoms with Crippen LogP contribution in [0, 0.1) is 0 Å². The summed E-state index contributed by atoms with van der Waals surface area (Å²) >= 11 is 0. The van der Waals surface area contributed by atoms with Gasteiger partial charge in [0.1, 0.15) is 0 Å². The van der Waals surface area contributed by atoms with Gasteiger partial charge in [-0.1, -0.05) is 0 Å². The van der Waals surface area contributed by atoms with Crippen molar-refractivity contribution in [2.75, 3.05) is 0 Å². The molecule has 0 saturated carbocycles. The second-order valence-electron chi connectivity index (χ2n) is 0.428. The molecule has 0 rings (SSSR count). The predicted octanol–water partition coefficient (Wildman–Crippen LogP) is -0.836. The average molecular weight is 146 g/mol. The zero-order valence-electron chi connectivity index (χ0n) is 3.20. The lowest BCUT2D eigenvalue weighted by molar-refractivity contribution is 0.366. The van der Waals surface area contributed by atoms with E-state index < -0.39 is 10.4 Å². The van der Waals surface area contributed by atoms with E-state index in [1.165, 1.54) is 0 Å². The molecule has 0 atom stereocenters. The van der Waals surface area contributed by atoms with E-state index in [1.54, 1.807) is 0 Å². The molecule has 0 spiro atoms. The Kier molecular flexibility index (Phi) is 9.73. The van der Waals surface area contributed by atoms with Crippen molar-refractivity contribution < 1.29 is 17.5 Å². The van der Waals surface area contributed by atoms with Gasteiger partial charge in [-0.3, -0.25) is 4.55 Å². The van der Waals surface area contributed by atoms with Gasteiger partial charge in [-0.2, -0.15) is 0 Å². The van der Waals surface area contributed by atoms with Gasteiger partial charge >= 0.3 is 13.5 Å². The van der Waals surface area contributed by atoms with E-state index in [0.717, 1.165) is 0 Å². The molecule has 0 unspecified atom stereocenters. The van der Waals surface area contributed by atoms with Crippen LogP contribution in [0.4, 0.5) is 0 Å². The Morgan fingerprint density at radius 3 is 1.43 bits per heavy atom. The lowest BCUT2D eigenvalue weighted by Gasteiger charge is -1.88. The molecule has 0 aliphatic heterocycles. The van der Waals surface area contributed by atoms with Crippen LogP contribution in [0.2, 0.25) is 0 Å². The Bertz CT molecular complexity index is 92.9. The molecular weight excluding hydrogens is 142 g/mol. The van der Waals surface area contributed by atoms with Crippen LogP contribution >= 0.6 is 0 Å². The van der Waals surface area contributed by atoms with Crippen LogP contribution in [0.25, 0.3) is 0 Å². The molecule has 0 aromatic heterocycles. The van der Waals surface area contributed by atoms with Crippen molar-refractivity contribution in [3.63, 3.8) is 0 Å². The molecule has 0 saturated heterocycles. The molecule has 0 bridgehead atoms. The normalized spacial score (nSPS) is 8.29. The molecule has 7 heteroatoms. The van der Waals surface area contributed by atoms with Gasteiger partial charge in [0, 0.05) is 0 Å². The molecule has 0 aliphatic carbocycles. The van der Waals surface area contributed by atoms with Gasteiger partial charge in [-0.15, -0.1) is 0 Å². The monoisotopic (exact) mass is 146 g/mol. The average Bonchev–Trinajstić information content (AvgIpc) is 0.722. The Labute approximate surface area is 48.3 Å². The van der Waals surface area contributed by atoms with E-state index in [9.17, 15) is 0 Å². The zero-order chi connectivity index (χ0) is 4.50. The fraction of sp³-hybridized carbons (Fsp3) is 0. The molecule has 3 radical (unpaired) electrons. The first-order valence-corrected chi connectivity index (χ1v) is 2.05. The van der Waals surface area contributed by atoms with Crippen molar-refractivity contribution in [2.45, 2.75) is 0 Å². The minimum Gasteiger partial charge on any atom is -0.726 e. The first-order chi connectivity index (χ1) is 2.00. The summed E-state index contributed by atoms with van der Waals surface area (Å²) in [5.41, 5.74) is 0. The third kappa shape index (κ3) is 3330. The maximum Gasteiger partial charge on any atom is 1.00 e. The van der Waals surface area contributed by atoms with E-state index in [0.29, 0.717) is 0 Å². The second kappa shape index (κ2) is 4.34. The van der Waals surface area contributed by atoms with Crippen LogP contribution in [-0.2, 0) is 23.9 Å². The highest BCUT2D eigenvalue weighted by atomic mass is 32.3. The molecule has 5 nitrogen and oxygen atoms in total. The van der Waals surface area contributed by atoms with Crippen molar-refractivity contribution >= 4 is 23.9 Å². The van der Waals surface area contributed by atoms with Crippen LogP contribution in [0.15, 0.2) is 0 Å². The van der Waals surface area contributed by atoms with Crippen molar-refractivity contribution in [2.24, 2.45) is 0 Å². The van der Waals surface area contributed by atoms with Crippen molar-refractivity contribution in [3.05, 3.63) is 0 Å². The van der Waals surface area contributed by atoms with E-state index in [1.807, 2.05) is 0 Å². The maximum absolute atomic E-state index is 8.63. The van der Waals surface area contributed by atoms with Gasteiger partial charge in [0.05, 0.1) is 0 Å². The van der Waals surface area contributed by atoms with E-state index in [4.69, 9.17) is 17.5 Å². The fourth-order valence-electron chi connectivity index (χ4n) is 0. The van der Waals surface area contributed by atoms with E-state index >= 15 is 0 Å². The van der Waals surface area contributed by atoms with Crippen molar-refractivity contribution in [3.8, 4) is 0 Å². The predicted molar refractivity (Wildman–Crippen MR) is 24.7 cm³/mol. The molecule has 45 valence electrons. The molecule has 0 fully saturated rings. The second-order valence-corrected chi connectivity index (χ2v) is 1.28. The summed E-state index contributed by atoms with van der Waals surface area (Å²) in [6.07, 6.45) is 0. The molecule has 0 aliphatic rings. The van der Waals surface area contributed by atoms with Gasteiger partial charge in [0.15, 0.2) is 0 Å². The lowest BCUT2D eigenvalue weighted by Crippen LogP contribution is -1.90. The summed E-state index contributed by atoms with van der Waals surface area (Å²) in [6.45, 7) is 0. The van der Waals surface area contributed by atoms with Gasteiger partial charge < -0.3 is 10.7 Å². The minimum atomic E-state index is -4.92. The molecule has 7 heavy (non-hydrogen) atoms. The number of rotatable bonds is 0. The summed E-state index contributed by atoms with van der Waals surface area (Å²) in [5.74, 6) is 0. The zero-order valence-corrected chi connectivity index (χ0v) is 4.83. The van der Waals surface area contributed by atoms with Gasteiger partial charge in [0.25, 0.3) is 0 Å². The fourth-order valence-corrected chi connectivity index (χ4v) is 0. The molecule has 0 heterocycles. The number of hydrogen-bond acceptors (Lipinski definition) is 4. The van der Waals surface area contributed by atoms with Crippen LogP contribution < -0.4 is 6.15 Å². The minimum absolute atomic E-state index is 0. The Morgan fingerprint density at radius 1 is 1.43 bits per heavy atom. The van der Waals surface area contributed by atoms with Crippen molar-refractivity contribution in [1.29, 1.82) is 0 Å². The number of hydrogen-bond donors (Lipinski definition) is 2. The van der Waals surface area contributed by atoms with Crippen LogP contribution in [0.5, 0.6) is 0 Å². The molecule has 0 aromatic carbocycles. The van der Waals surface area contributed by atoms with Gasteiger partial charge in [-0.05, 0) is 0 Å². The van der Waals surface area contributed by atoms with Crippen LogP contribution in [-0.4, -0.2) is 17.5 Å². The maximum atomic E-state index is 8.63. The SMILES string of the molecule is N.O=S(=O)([O-])O.[S+]. The highest BCUT2D eigenvalue weighted by Crippen LogP contribution is 1.58. The first kappa shape index (κ1) is 15.7. The summed E-state index contributed by atoms with van der Waals surface area (Å²) in [6, 6.07) is 0. The summed E-state index contributed by atoms with van der Waals surface area (Å²) in [4.78, 5) is 0.